The summed E-state index contributed by atoms with van der Waals surface area (Å²) in [5.41, 5.74) is -0.383. The Morgan fingerprint density at radius 1 is 1.00 bits per heavy atom. The summed E-state index contributed by atoms with van der Waals surface area (Å²) in [5.74, 6) is -1.03. The van der Waals surface area contributed by atoms with Gasteiger partial charge in [-0.25, -0.2) is 4.79 Å². The van der Waals surface area contributed by atoms with Crippen LogP contribution in [0.5, 0.6) is 5.75 Å². The van der Waals surface area contributed by atoms with Gasteiger partial charge in [0.2, 0.25) is 0 Å². The van der Waals surface area contributed by atoms with Crippen LogP contribution in [-0.4, -0.2) is 10.9 Å². The van der Waals surface area contributed by atoms with Gasteiger partial charge in [0.25, 0.3) is 0 Å². The van der Waals surface area contributed by atoms with Crippen molar-refractivity contribution < 1.29 is 14.3 Å². The average Bonchev–Trinajstić information content (AvgIpc) is 2.66. The van der Waals surface area contributed by atoms with Crippen molar-refractivity contribution in [1.82, 2.24) is 0 Å². The highest BCUT2D eigenvalue weighted by Crippen LogP contribution is 2.26. The van der Waals surface area contributed by atoms with Crippen molar-refractivity contribution in [2.75, 3.05) is 0 Å². The molecule has 1 rings (SSSR count). The lowest BCUT2D eigenvalue weighted by Gasteiger charge is -2.06. The highest BCUT2D eigenvalue weighted by Gasteiger charge is 2.20. The molecule has 4 nitrogen and oxygen atoms in total. The molecule has 1 aromatic heterocycles. The Balaban J connectivity index is 0. The van der Waals surface area contributed by atoms with Gasteiger partial charge in [-0.15, -0.1) is 6.58 Å². The van der Waals surface area contributed by atoms with Crippen LogP contribution in [0, 0.1) is 0 Å². The Morgan fingerprint density at radius 3 is 1.96 bits per heavy atom. The minimum atomic E-state index is -0.916. The van der Waals surface area contributed by atoms with E-state index in [-0.39, 0.29) is 11.3 Å². The van der Waals surface area contributed by atoms with E-state index in [1.54, 1.807) is 12.2 Å². The molecule has 27 heavy (non-hydrogen) atoms. The van der Waals surface area contributed by atoms with Gasteiger partial charge in [-0.3, -0.25) is 4.79 Å². The molecule has 1 aromatic rings. The Morgan fingerprint density at radius 2 is 1.56 bits per heavy atom. The third-order valence-electron chi connectivity index (χ3n) is 2.92. The van der Waals surface area contributed by atoms with Crippen LogP contribution in [-0.2, 0) is 0 Å². The summed E-state index contributed by atoms with van der Waals surface area (Å²) in [7, 11) is 0. The smallest absolute Gasteiger partial charge is 0.351 e. The average molecular weight is 370 g/mol. The molecule has 1 N–H and O–H groups in total. The van der Waals surface area contributed by atoms with Crippen molar-refractivity contribution in [1.29, 1.82) is 0 Å². The molecule has 146 valence electrons. The number of aromatic hydroxyl groups is 1. The Kier molecular flexibility index (Phi) is 14.6. The lowest BCUT2D eigenvalue weighted by Crippen LogP contribution is -2.14. The van der Waals surface area contributed by atoms with Gasteiger partial charge in [0.05, 0.1) is 5.56 Å². The molecular formula is C23H30O4. The van der Waals surface area contributed by atoms with Gasteiger partial charge < -0.3 is 9.52 Å². The maximum atomic E-state index is 12.2. The Bertz CT molecular complexity index is 787. The van der Waals surface area contributed by atoms with Gasteiger partial charge in [-0.05, 0) is 38.5 Å². The Labute approximate surface area is 162 Å². The van der Waals surface area contributed by atoms with Crippen molar-refractivity contribution >= 4 is 17.9 Å². The molecule has 0 radical (unpaired) electrons. The number of allylic oxidation sites excluding steroid dienone is 7. The van der Waals surface area contributed by atoms with Crippen LogP contribution in [0.4, 0.5) is 0 Å². The van der Waals surface area contributed by atoms with E-state index in [1.807, 2.05) is 52.8 Å². The van der Waals surface area contributed by atoms with Crippen LogP contribution in [0.1, 0.15) is 56.3 Å². The van der Waals surface area contributed by atoms with Gasteiger partial charge in [0, 0.05) is 0 Å². The lowest BCUT2D eigenvalue weighted by molar-refractivity contribution is 0.104. The molecule has 1 heterocycles. The van der Waals surface area contributed by atoms with E-state index in [9.17, 15) is 14.7 Å². The zero-order chi connectivity index (χ0) is 21.4. The number of rotatable bonds is 6. The van der Waals surface area contributed by atoms with E-state index in [0.717, 1.165) is 5.57 Å². The molecule has 0 aliphatic carbocycles. The molecule has 0 atom stereocenters. The number of hydrogen-bond donors (Lipinski definition) is 1. The van der Waals surface area contributed by atoms with Crippen LogP contribution >= 0.6 is 0 Å². The second-order valence-corrected chi connectivity index (χ2v) is 4.69. The summed E-state index contributed by atoms with van der Waals surface area (Å²) >= 11 is 0. The van der Waals surface area contributed by atoms with Gasteiger partial charge in [0.1, 0.15) is 17.1 Å². The molecule has 0 saturated heterocycles. The zero-order valence-electron chi connectivity index (χ0n) is 16.9. The predicted molar refractivity (Wildman–Crippen MR) is 116 cm³/mol. The SMILES string of the molecule is C=CC.C=Cc1oc(=O)c(C(=O)/C=C/C(/C=C\C)=C/C)c(O)c1C=C.CC. The normalized spacial score (nSPS) is 10.5. The van der Waals surface area contributed by atoms with Gasteiger partial charge in [0.15, 0.2) is 5.78 Å². The largest absolute Gasteiger partial charge is 0.506 e. The molecule has 0 spiro atoms. The van der Waals surface area contributed by atoms with Crippen molar-refractivity contribution in [3.8, 4) is 5.75 Å². The molecule has 0 amide bonds. The maximum Gasteiger partial charge on any atom is 0.351 e. The Hall–Kier alpha value is -3.14. The first-order chi connectivity index (χ1) is 12.9. The van der Waals surface area contributed by atoms with Crippen molar-refractivity contribution in [3.63, 3.8) is 0 Å². The first kappa shape index (κ1) is 26.1. The van der Waals surface area contributed by atoms with Crippen molar-refractivity contribution in [3.05, 3.63) is 89.1 Å². The van der Waals surface area contributed by atoms with Crippen molar-refractivity contribution in [2.24, 2.45) is 0 Å². The fraction of sp³-hybridized carbons (Fsp3) is 0.217. The van der Waals surface area contributed by atoms with Gasteiger partial charge in [-0.1, -0.05) is 63.5 Å². The van der Waals surface area contributed by atoms with Crippen LogP contribution in [0.15, 0.2) is 71.0 Å². The second kappa shape index (κ2) is 15.1. The summed E-state index contributed by atoms with van der Waals surface area (Å²) in [4.78, 5) is 24.0. The molecule has 0 bridgehead atoms. The lowest BCUT2D eigenvalue weighted by atomic mass is 10.1. The maximum absolute atomic E-state index is 12.2. The standard InChI is InChI=1S/C18H18O4.C3H6.C2H6/c1-5-9-12(6-2)10-11-14(19)16-17(20)13(7-3)15(8-4)22-18(16)21;1-3-2;1-2/h5-11,20H,3-4H2,1-2H3;3H,1H2,2H3;1-2H3/b9-5-,11-10+,12-6+;;. The van der Waals surface area contributed by atoms with E-state index in [2.05, 4.69) is 19.7 Å². The first-order valence-corrected chi connectivity index (χ1v) is 8.65. The summed E-state index contributed by atoms with van der Waals surface area (Å²) in [6.45, 7) is 19.9. The molecule has 0 saturated carbocycles. The fourth-order valence-electron chi connectivity index (χ4n) is 1.82. The summed E-state index contributed by atoms with van der Waals surface area (Å²) in [6, 6.07) is 0. The molecule has 0 aliphatic heterocycles. The summed E-state index contributed by atoms with van der Waals surface area (Å²) in [5, 5.41) is 10.1. The topological polar surface area (TPSA) is 67.5 Å². The summed E-state index contributed by atoms with van der Waals surface area (Å²) in [6.07, 6.45) is 12.5. The van der Waals surface area contributed by atoms with E-state index in [4.69, 9.17) is 4.42 Å². The predicted octanol–water partition coefficient (Wildman–Crippen LogP) is 6.11. The van der Waals surface area contributed by atoms with Crippen LogP contribution in [0.3, 0.4) is 0 Å². The second-order valence-electron chi connectivity index (χ2n) is 4.69. The zero-order valence-corrected chi connectivity index (χ0v) is 16.9. The molecule has 0 unspecified atom stereocenters. The van der Waals surface area contributed by atoms with Crippen LogP contribution < -0.4 is 5.63 Å². The van der Waals surface area contributed by atoms with Gasteiger partial charge in [-0.2, -0.15) is 0 Å². The van der Waals surface area contributed by atoms with E-state index >= 15 is 0 Å². The molecule has 0 aliphatic rings. The van der Waals surface area contributed by atoms with Crippen LogP contribution in [0.25, 0.3) is 12.2 Å². The van der Waals surface area contributed by atoms with E-state index < -0.39 is 22.7 Å². The highest BCUT2D eigenvalue weighted by atomic mass is 16.4. The molecule has 0 fully saturated rings. The van der Waals surface area contributed by atoms with Crippen LogP contribution in [0.2, 0.25) is 0 Å². The number of hydrogen-bond acceptors (Lipinski definition) is 4. The minimum absolute atomic E-state index is 0.0705. The minimum Gasteiger partial charge on any atom is -0.506 e. The first-order valence-electron chi connectivity index (χ1n) is 8.65. The molecule has 4 heteroatoms. The third kappa shape index (κ3) is 8.19. The summed E-state index contributed by atoms with van der Waals surface area (Å²) < 4.78 is 4.97. The van der Waals surface area contributed by atoms with E-state index in [1.165, 1.54) is 18.2 Å². The number of carbonyl (C=O) groups is 1. The fourth-order valence-corrected chi connectivity index (χ4v) is 1.82. The quantitative estimate of drug-likeness (QED) is 0.284. The van der Waals surface area contributed by atoms with Crippen molar-refractivity contribution in [2.45, 2.75) is 34.6 Å². The van der Waals surface area contributed by atoms with Gasteiger partial charge >= 0.3 is 5.63 Å². The monoisotopic (exact) mass is 370 g/mol. The highest BCUT2D eigenvalue weighted by molar-refractivity contribution is 6.07. The van der Waals surface area contributed by atoms with E-state index in [0.29, 0.717) is 0 Å². The number of ketones is 1. The third-order valence-corrected chi connectivity index (χ3v) is 2.92. The number of carbonyl (C=O) groups excluding carboxylic acids is 1. The molecular weight excluding hydrogens is 340 g/mol. The molecule has 0 aromatic carbocycles.